The van der Waals surface area contributed by atoms with E-state index in [9.17, 15) is 9.59 Å². The van der Waals surface area contributed by atoms with E-state index in [1.54, 1.807) is 4.90 Å². The minimum atomic E-state index is -0.670. The van der Waals surface area contributed by atoms with Gasteiger partial charge in [0.15, 0.2) is 6.61 Å². The number of benzene rings is 3. The lowest BCUT2D eigenvalue weighted by Crippen LogP contribution is -2.53. The second kappa shape index (κ2) is 12.9. The Morgan fingerprint density at radius 2 is 1.61 bits per heavy atom. The molecule has 5 nitrogen and oxygen atoms in total. The molecule has 0 aliphatic heterocycles. The molecule has 2 amide bonds. The minimum absolute atomic E-state index is 0.0117. The first-order chi connectivity index (χ1) is 17.3. The molecule has 0 heterocycles. The molecule has 3 rings (SSSR count). The number of nitrogens with zero attached hydrogens (tertiary/aromatic N) is 1. The van der Waals surface area contributed by atoms with Gasteiger partial charge in [0.2, 0.25) is 5.91 Å². The van der Waals surface area contributed by atoms with Crippen molar-refractivity contribution in [1.82, 2.24) is 10.2 Å². The fourth-order valence-electron chi connectivity index (χ4n) is 4.15. The number of hydrogen-bond donors (Lipinski definition) is 1. The van der Waals surface area contributed by atoms with Gasteiger partial charge in [0.05, 0.1) is 0 Å². The number of carbonyl (C=O) groups is 2. The van der Waals surface area contributed by atoms with E-state index >= 15 is 0 Å². The summed E-state index contributed by atoms with van der Waals surface area (Å²) < 4.78 is 5.96. The largest absolute Gasteiger partial charge is 0.483 e. The molecular weight excluding hydrogens is 448 g/mol. The zero-order valence-electron chi connectivity index (χ0n) is 22.1. The second-order valence-corrected chi connectivity index (χ2v) is 9.53. The summed E-state index contributed by atoms with van der Waals surface area (Å²) in [6.07, 6.45) is 1.23. The highest BCUT2D eigenvalue weighted by atomic mass is 16.5. The van der Waals surface area contributed by atoms with E-state index in [2.05, 4.69) is 5.32 Å². The molecule has 0 saturated carbocycles. The van der Waals surface area contributed by atoms with Gasteiger partial charge in [-0.1, -0.05) is 79.2 Å². The van der Waals surface area contributed by atoms with Gasteiger partial charge in [0.1, 0.15) is 11.8 Å². The molecule has 0 radical (unpaired) electrons. The van der Waals surface area contributed by atoms with Crippen LogP contribution in [0.5, 0.6) is 5.75 Å². The Morgan fingerprint density at radius 1 is 0.917 bits per heavy atom. The smallest absolute Gasteiger partial charge is 0.261 e. The number of hydrogen-bond acceptors (Lipinski definition) is 3. The maximum atomic E-state index is 13.7. The van der Waals surface area contributed by atoms with Crippen molar-refractivity contribution >= 4 is 11.8 Å². The first-order valence-electron chi connectivity index (χ1n) is 12.7. The van der Waals surface area contributed by atoms with E-state index in [1.165, 1.54) is 0 Å². The van der Waals surface area contributed by atoms with Gasteiger partial charge in [-0.15, -0.1) is 0 Å². The standard InChI is InChI=1S/C31H38N2O3/c1-6-25(5)32-31(35)28(19-26-13-8-7-9-14-26)33(20-27-15-11-10-12-23(27)3)30(34)21-36-29-17-16-22(2)18-24(29)4/h7-18,25,28H,6,19-21H2,1-5H3,(H,32,35)/t25-,28+/m0/s1. The van der Waals surface area contributed by atoms with E-state index in [1.807, 2.05) is 107 Å². The molecule has 36 heavy (non-hydrogen) atoms. The van der Waals surface area contributed by atoms with Crippen LogP contribution in [0.15, 0.2) is 72.8 Å². The quantitative estimate of drug-likeness (QED) is 0.387. The van der Waals surface area contributed by atoms with Crippen molar-refractivity contribution in [3.63, 3.8) is 0 Å². The number of rotatable bonds is 11. The minimum Gasteiger partial charge on any atom is -0.483 e. The Morgan fingerprint density at radius 3 is 2.28 bits per heavy atom. The summed E-state index contributed by atoms with van der Waals surface area (Å²) in [6, 6.07) is 23.0. The van der Waals surface area contributed by atoms with Gasteiger partial charge in [-0.25, -0.2) is 0 Å². The van der Waals surface area contributed by atoms with Gasteiger partial charge in [0.25, 0.3) is 5.91 Å². The molecule has 3 aromatic carbocycles. The first-order valence-corrected chi connectivity index (χ1v) is 12.7. The van der Waals surface area contributed by atoms with Crippen molar-refractivity contribution in [2.24, 2.45) is 0 Å². The predicted molar refractivity (Wildman–Crippen MR) is 145 cm³/mol. The first kappa shape index (κ1) is 27.0. The third-order valence-electron chi connectivity index (χ3n) is 6.56. The Balaban J connectivity index is 1.93. The number of carbonyl (C=O) groups excluding carboxylic acids is 2. The summed E-state index contributed by atoms with van der Waals surface area (Å²) in [5.74, 6) is 0.300. The van der Waals surface area contributed by atoms with Crippen LogP contribution in [0.25, 0.3) is 0 Å². The molecule has 0 fully saturated rings. The summed E-state index contributed by atoms with van der Waals surface area (Å²) in [6.45, 7) is 10.2. The molecule has 3 aromatic rings. The molecule has 0 unspecified atom stereocenters. The Labute approximate surface area is 215 Å². The van der Waals surface area contributed by atoms with Gasteiger partial charge in [-0.2, -0.15) is 0 Å². The van der Waals surface area contributed by atoms with E-state index < -0.39 is 6.04 Å². The van der Waals surface area contributed by atoms with Crippen molar-refractivity contribution < 1.29 is 14.3 Å². The van der Waals surface area contributed by atoms with Crippen LogP contribution in [-0.2, 0) is 22.6 Å². The fourth-order valence-corrected chi connectivity index (χ4v) is 4.15. The van der Waals surface area contributed by atoms with E-state index in [0.29, 0.717) is 18.7 Å². The van der Waals surface area contributed by atoms with Crippen LogP contribution in [0, 0.1) is 20.8 Å². The molecule has 0 saturated heterocycles. The molecule has 0 spiro atoms. The van der Waals surface area contributed by atoms with Crippen molar-refractivity contribution in [1.29, 1.82) is 0 Å². The van der Waals surface area contributed by atoms with Crippen LogP contribution in [0.2, 0.25) is 0 Å². The topological polar surface area (TPSA) is 58.6 Å². The summed E-state index contributed by atoms with van der Waals surface area (Å²) in [5.41, 5.74) is 5.19. The lowest BCUT2D eigenvalue weighted by Gasteiger charge is -2.32. The molecule has 5 heteroatoms. The average molecular weight is 487 g/mol. The summed E-state index contributed by atoms with van der Waals surface area (Å²) in [4.78, 5) is 29.0. The monoisotopic (exact) mass is 486 g/mol. The number of nitrogens with one attached hydrogen (secondary N) is 1. The summed E-state index contributed by atoms with van der Waals surface area (Å²) >= 11 is 0. The van der Waals surface area contributed by atoms with E-state index in [-0.39, 0.29) is 24.5 Å². The van der Waals surface area contributed by atoms with Crippen LogP contribution in [0.1, 0.15) is 48.1 Å². The second-order valence-electron chi connectivity index (χ2n) is 9.53. The lowest BCUT2D eigenvalue weighted by molar-refractivity contribution is -0.143. The SMILES string of the molecule is CC[C@H](C)NC(=O)[C@@H](Cc1ccccc1)N(Cc1ccccc1C)C(=O)COc1ccc(C)cc1C. The van der Waals surface area contributed by atoms with Gasteiger partial charge in [-0.3, -0.25) is 9.59 Å². The van der Waals surface area contributed by atoms with Crippen LogP contribution < -0.4 is 10.1 Å². The van der Waals surface area contributed by atoms with E-state index in [0.717, 1.165) is 34.2 Å². The summed E-state index contributed by atoms with van der Waals surface area (Å²) in [7, 11) is 0. The molecule has 1 N–H and O–H groups in total. The highest BCUT2D eigenvalue weighted by molar-refractivity contribution is 5.88. The fraction of sp³-hybridized carbons (Fsp3) is 0.355. The summed E-state index contributed by atoms with van der Waals surface area (Å²) in [5, 5.41) is 3.10. The van der Waals surface area contributed by atoms with Crippen molar-refractivity contribution in [3.05, 3.63) is 101 Å². The maximum Gasteiger partial charge on any atom is 0.261 e. The van der Waals surface area contributed by atoms with Crippen molar-refractivity contribution in [3.8, 4) is 5.75 Å². The average Bonchev–Trinajstić information content (AvgIpc) is 2.87. The maximum absolute atomic E-state index is 13.7. The van der Waals surface area contributed by atoms with Crippen LogP contribution in [-0.4, -0.2) is 35.4 Å². The normalized spacial score (nSPS) is 12.5. The highest BCUT2D eigenvalue weighted by Gasteiger charge is 2.31. The highest BCUT2D eigenvalue weighted by Crippen LogP contribution is 2.21. The van der Waals surface area contributed by atoms with Gasteiger partial charge in [0, 0.05) is 19.0 Å². The molecule has 190 valence electrons. The van der Waals surface area contributed by atoms with Gasteiger partial charge >= 0.3 is 0 Å². The molecule has 0 bridgehead atoms. The lowest BCUT2D eigenvalue weighted by atomic mass is 10.0. The molecule has 0 aliphatic carbocycles. The van der Waals surface area contributed by atoms with E-state index in [4.69, 9.17) is 4.74 Å². The molecular formula is C31H38N2O3. The predicted octanol–water partition coefficient (Wildman–Crippen LogP) is 5.55. The Hall–Kier alpha value is -3.60. The van der Waals surface area contributed by atoms with Crippen molar-refractivity contribution in [2.75, 3.05) is 6.61 Å². The number of amides is 2. The third-order valence-corrected chi connectivity index (χ3v) is 6.56. The van der Waals surface area contributed by atoms with Crippen LogP contribution >= 0.6 is 0 Å². The molecule has 0 aromatic heterocycles. The third kappa shape index (κ3) is 7.45. The molecule has 0 aliphatic rings. The molecule has 2 atom stereocenters. The van der Waals surface area contributed by atoms with Gasteiger partial charge in [-0.05, 0) is 62.4 Å². The zero-order valence-corrected chi connectivity index (χ0v) is 22.1. The number of ether oxygens (including phenoxy) is 1. The van der Waals surface area contributed by atoms with Crippen LogP contribution in [0.4, 0.5) is 0 Å². The Kier molecular flexibility index (Phi) is 9.69. The number of aryl methyl sites for hydroxylation is 3. The van der Waals surface area contributed by atoms with Crippen LogP contribution in [0.3, 0.4) is 0 Å². The van der Waals surface area contributed by atoms with Gasteiger partial charge < -0.3 is 15.0 Å². The Bertz CT molecular complexity index is 1160. The van der Waals surface area contributed by atoms with Crippen molar-refractivity contribution in [2.45, 2.75) is 66.1 Å². The zero-order chi connectivity index (χ0) is 26.1.